The van der Waals surface area contributed by atoms with Crippen molar-refractivity contribution in [2.75, 3.05) is 5.32 Å². The van der Waals surface area contributed by atoms with Crippen molar-refractivity contribution >= 4 is 23.2 Å². The highest BCUT2D eigenvalue weighted by atomic mass is 35.5. The standard InChI is InChI=1S/C11H13ClF2N2O/c1-3-11(2,15)10(17)16-9-7(12)4-6(13)5-8(9)14/h4-5H,3,15H2,1-2H3,(H,16,17). The Morgan fingerprint density at radius 3 is 2.59 bits per heavy atom. The van der Waals surface area contributed by atoms with E-state index in [0.717, 1.165) is 6.07 Å². The van der Waals surface area contributed by atoms with E-state index in [1.54, 1.807) is 6.92 Å². The summed E-state index contributed by atoms with van der Waals surface area (Å²) in [5, 5.41) is 2.05. The molecule has 0 aliphatic rings. The molecule has 1 atom stereocenters. The molecule has 0 aromatic heterocycles. The summed E-state index contributed by atoms with van der Waals surface area (Å²) in [6, 6.07) is 1.56. The van der Waals surface area contributed by atoms with Gasteiger partial charge in [-0.2, -0.15) is 0 Å². The Kier molecular flexibility index (Phi) is 4.06. The topological polar surface area (TPSA) is 55.1 Å². The summed E-state index contributed by atoms with van der Waals surface area (Å²) in [5.41, 5.74) is 4.29. The quantitative estimate of drug-likeness (QED) is 0.880. The summed E-state index contributed by atoms with van der Waals surface area (Å²) >= 11 is 5.64. The van der Waals surface area contributed by atoms with Crippen LogP contribution in [0.2, 0.25) is 5.02 Å². The first kappa shape index (κ1) is 13.9. The summed E-state index contributed by atoms with van der Waals surface area (Å²) in [6.07, 6.45) is 0.374. The van der Waals surface area contributed by atoms with E-state index in [9.17, 15) is 13.6 Å². The molecule has 1 amide bonds. The zero-order chi connectivity index (χ0) is 13.2. The average Bonchev–Trinajstić information content (AvgIpc) is 2.22. The molecule has 17 heavy (non-hydrogen) atoms. The van der Waals surface area contributed by atoms with Crippen LogP contribution in [0, 0.1) is 11.6 Å². The predicted molar refractivity (Wildman–Crippen MR) is 62.9 cm³/mol. The van der Waals surface area contributed by atoms with Crippen molar-refractivity contribution in [3.05, 3.63) is 28.8 Å². The smallest absolute Gasteiger partial charge is 0.244 e. The van der Waals surface area contributed by atoms with Crippen molar-refractivity contribution in [2.45, 2.75) is 25.8 Å². The summed E-state index contributed by atoms with van der Waals surface area (Å²) in [5.74, 6) is -2.32. The number of benzene rings is 1. The number of nitrogens with one attached hydrogen (secondary N) is 1. The Bertz CT molecular complexity index is 426. The third kappa shape index (κ3) is 3.14. The van der Waals surface area contributed by atoms with Gasteiger partial charge in [0.25, 0.3) is 0 Å². The highest BCUT2D eigenvalue weighted by Crippen LogP contribution is 2.27. The molecule has 1 rings (SSSR count). The molecule has 3 nitrogen and oxygen atoms in total. The van der Waals surface area contributed by atoms with E-state index >= 15 is 0 Å². The maximum atomic E-state index is 13.4. The molecule has 0 saturated heterocycles. The van der Waals surface area contributed by atoms with E-state index in [0.29, 0.717) is 12.5 Å². The second kappa shape index (κ2) is 4.98. The van der Waals surface area contributed by atoms with Crippen molar-refractivity contribution in [2.24, 2.45) is 5.73 Å². The molecule has 1 unspecified atom stereocenters. The van der Waals surface area contributed by atoms with Gasteiger partial charge in [-0.25, -0.2) is 8.78 Å². The second-order valence-corrected chi connectivity index (χ2v) is 4.38. The third-order valence-corrected chi connectivity index (χ3v) is 2.80. The molecule has 1 aromatic rings. The number of carbonyl (C=O) groups is 1. The largest absolute Gasteiger partial charge is 0.321 e. The van der Waals surface area contributed by atoms with Gasteiger partial charge in [-0.15, -0.1) is 0 Å². The molecule has 0 saturated carbocycles. The summed E-state index contributed by atoms with van der Waals surface area (Å²) in [6.45, 7) is 3.24. The highest BCUT2D eigenvalue weighted by Gasteiger charge is 2.27. The highest BCUT2D eigenvalue weighted by molar-refractivity contribution is 6.33. The Morgan fingerprint density at radius 2 is 2.12 bits per heavy atom. The molecule has 0 radical (unpaired) electrons. The van der Waals surface area contributed by atoms with Gasteiger partial charge in [0.1, 0.15) is 5.82 Å². The number of rotatable bonds is 3. The lowest BCUT2D eigenvalue weighted by Crippen LogP contribution is -2.47. The number of amides is 1. The lowest BCUT2D eigenvalue weighted by Gasteiger charge is -2.22. The fraction of sp³-hybridized carbons (Fsp3) is 0.364. The minimum atomic E-state index is -1.13. The summed E-state index contributed by atoms with van der Waals surface area (Å²) < 4.78 is 26.2. The van der Waals surface area contributed by atoms with Crippen molar-refractivity contribution < 1.29 is 13.6 Å². The van der Waals surface area contributed by atoms with Crippen LogP contribution in [0.25, 0.3) is 0 Å². The lowest BCUT2D eigenvalue weighted by atomic mass is 9.99. The first-order chi connectivity index (χ1) is 7.77. The minimum absolute atomic E-state index is 0.206. The van der Waals surface area contributed by atoms with Crippen LogP contribution in [0.15, 0.2) is 12.1 Å². The van der Waals surface area contributed by atoms with E-state index in [4.69, 9.17) is 17.3 Å². The number of anilines is 1. The maximum absolute atomic E-state index is 13.4. The Morgan fingerprint density at radius 1 is 1.53 bits per heavy atom. The summed E-state index contributed by atoms with van der Waals surface area (Å²) in [4.78, 5) is 11.7. The van der Waals surface area contributed by atoms with Crippen molar-refractivity contribution in [1.29, 1.82) is 0 Å². The molecule has 3 N–H and O–H groups in total. The van der Waals surface area contributed by atoms with Gasteiger partial charge in [-0.3, -0.25) is 4.79 Å². The first-order valence-electron chi connectivity index (χ1n) is 5.03. The molecule has 0 bridgehead atoms. The zero-order valence-electron chi connectivity index (χ0n) is 9.48. The SMILES string of the molecule is CCC(C)(N)C(=O)Nc1c(F)cc(F)cc1Cl. The Labute approximate surface area is 103 Å². The molecule has 0 heterocycles. The molecule has 0 aliphatic heterocycles. The van der Waals surface area contributed by atoms with Crippen molar-refractivity contribution in [1.82, 2.24) is 0 Å². The maximum Gasteiger partial charge on any atom is 0.244 e. The van der Waals surface area contributed by atoms with E-state index in [1.165, 1.54) is 6.92 Å². The molecule has 1 aromatic carbocycles. The van der Waals surface area contributed by atoms with Crippen LogP contribution < -0.4 is 11.1 Å². The van der Waals surface area contributed by atoms with E-state index in [1.807, 2.05) is 0 Å². The Balaban J connectivity index is 3.01. The van der Waals surface area contributed by atoms with E-state index in [-0.39, 0.29) is 10.7 Å². The van der Waals surface area contributed by atoms with E-state index in [2.05, 4.69) is 5.32 Å². The number of halogens is 3. The van der Waals surface area contributed by atoms with Crippen LogP contribution in [0.3, 0.4) is 0 Å². The first-order valence-corrected chi connectivity index (χ1v) is 5.40. The monoisotopic (exact) mass is 262 g/mol. The van der Waals surface area contributed by atoms with Gasteiger partial charge in [-0.05, 0) is 19.4 Å². The van der Waals surface area contributed by atoms with Gasteiger partial charge >= 0.3 is 0 Å². The van der Waals surface area contributed by atoms with Crippen molar-refractivity contribution in [3.63, 3.8) is 0 Å². The molecule has 0 spiro atoms. The zero-order valence-corrected chi connectivity index (χ0v) is 10.2. The summed E-state index contributed by atoms with van der Waals surface area (Å²) in [7, 11) is 0. The van der Waals surface area contributed by atoms with Gasteiger partial charge in [0, 0.05) is 6.07 Å². The van der Waals surface area contributed by atoms with Gasteiger partial charge in [-0.1, -0.05) is 18.5 Å². The van der Waals surface area contributed by atoms with Gasteiger partial charge in [0.15, 0.2) is 5.82 Å². The van der Waals surface area contributed by atoms with Crippen LogP contribution in [0.5, 0.6) is 0 Å². The van der Waals surface area contributed by atoms with Gasteiger partial charge < -0.3 is 11.1 Å². The molecular weight excluding hydrogens is 250 g/mol. The van der Waals surface area contributed by atoms with Gasteiger partial charge in [0.2, 0.25) is 5.91 Å². The molecule has 0 fully saturated rings. The van der Waals surface area contributed by atoms with Crippen LogP contribution >= 0.6 is 11.6 Å². The van der Waals surface area contributed by atoms with Crippen LogP contribution in [0.4, 0.5) is 14.5 Å². The number of hydrogen-bond acceptors (Lipinski definition) is 2. The molecular formula is C11H13ClF2N2O. The van der Waals surface area contributed by atoms with Crippen LogP contribution in [-0.2, 0) is 4.79 Å². The molecule has 94 valence electrons. The molecule has 6 heteroatoms. The van der Waals surface area contributed by atoms with Crippen LogP contribution in [-0.4, -0.2) is 11.4 Å². The predicted octanol–water partition coefficient (Wildman–Crippen LogP) is 2.68. The molecule has 0 aliphatic carbocycles. The number of nitrogens with two attached hydrogens (primary N) is 1. The number of hydrogen-bond donors (Lipinski definition) is 2. The van der Waals surface area contributed by atoms with Crippen LogP contribution in [0.1, 0.15) is 20.3 Å². The van der Waals surface area contributed by atoms with E-state index < -0.39 is 23.1 Å². The fourth-order valence-electron chi connectivity index (χ4n) is 1.08. The van der Waals surface area contributed by atoms with Gasteiger partial charge in [0.05, 0.1) is 16.2 Å². The normalized spacial score (nSPS) is 14.2. The number of carbonyl (C=O) groups excluding carboxylic acids is 1. The lowest BCUT2D eigenvalue weighted by molar-refractivity contribution is -0.120. The van der Waals surface area contributed by atoms with Crippen molar-refractivity contribution in [3.8, 4) is 0 Å². The average molecular weight is 263 g/mol. The Hall–Kier alpha value is -1.20. The second-order valence-electron chi connectivity index (χ2n) is 3.97. The fourth-order valence-corrected chi connectivity index (χ4v) is 1.32. The minimum Gasteiger partial charge on any atom is -0.321 e. The third-order valence-electron chi connectivity index (χ3n) is 2.50.